The number of rotatable bonds is 5. The van der Waals surface area contributed by atoms with Gasteiger partial charge in [-0.15, -0.1) is 0 Å². The standard InChI is InChI=1S/C23H24N2O2/c26-23(18-27-22-8-2-1-3-9-22)25-14-12-24(13-15-25)17-19-10-11-20-6-4-5-7-21(20)16-19/h1-11,16H,12-15,17-18H2/p+1. The lowest BCUT2D eigenvalue weighted by molar-refractivity contribution is -0.917. The van der Waals surface area contributed by atoms with Crippen molar-refractivity contribution in [3.63, 3.8) is 0 Å². The molecule has 1 aliphatic heterocycles. The van der Waals surface area contributed by atoms with E-state index in [0.717, 1.165) is 38.5 Å². The summed E-state index contributed by atoms with van der Waals surface area (Å²) in [6.45, 7) is 4.66. The molecule has 1 fully saturated rings. The first-order valence-electron chi connectivity index (χ1n) is 9.55. The van der Waals surface area contributed by atoms with Gasteiger partial charge in [0.15, 0.2) is 6.61 Å². The van der Waals surface area contributed by atoms with Crippen LogP contribution >= 0.6 is 0 Å². The fourth-order valence-electron chi connectivity index (χ4n) is 3.64. The fraction of sp³-hybridized carbons (Fsp3) is 0.261. The highest BCUT2D eigenvalue weighted by Crippen LogP contribution is 2.15. The molecular formula is C23H25N2O2+. The zero-order valence-corrected chi connectivity index (χ0v) is 15.4. The summed E-state index contributed by atoms with van der Waals surface area (Å²) in [6, 6.07) is 24.7. The van der Waals surface area contributed by atoms with E-state index in [0.29, 0.717) is 0 Å². The number of nitrogens with one attached hydrogen (secondary N) is 1. The van der Waals surface area contributed by atoms with Crippen molar-refractivity contribution >= 4 is 16.7 Å². The van der Waals surface area contributed by atoms with Crippen LogP contribution in [-0.2, 0) is 11.3 Å². The molecule has 27 heavy (non-hydrogen) atoms. The SMILES string of the molecule is O=C(COc1ccccc1)N1CC[NH+](Cc2ccc3ccccc3c2)CC1. The Morgan fingerprint density at radius 3 is 2.37 bits per heavy atom. The molecule has 138 valence electrons. The van der Waals surface area contributed by atoms with Crippen molar-refractivity contribution in [1.82, 2.24) is 4.90 Å². The van der Waals surface area contributed by atoms with E-state index in [1.54, 1.807) is 0 Å². The molecule has 0 spiro atoms. The Kier molecular flexibility index (Phi) is 5.35. The molecule has 1 saturated heterocycles. The van der Waals surface area contributed by atoms with Crippen LogP contribution in [0.1, 0.15) is 5.56 Å². The molecule has 0 atom stereocenters. The molecule has 3 aromatic carbocycles. The fourth-order valence-corrected chi connectivity index (χ4v) is 3.64. The lowest BCUT2D eigenvalue weighted by atomic mass is 10.1. The quantitative estimate of drug-likeness (QED) is 0.756. The maximum atomic E-state index is 12.4. The van der Waals surface area contributed by atoms with Crippen LogP contribution in [0.4, 0.5) is 0 Å². The molecule has 4 rings (SSSR count). The van der Waals surface area contributed by atoms with Gasteiger partial charge in [0.2, 0.25) is 0 Å². The molecule has 0 saturated carbocycles. The minimum Gasteiger partial charge on any atom is -0.484 e. The van der Waals surface area contributed by atoms with Gasteiger partial charge in [-0.1, -0.05) is 54.6 Å². The average Bonchev–Trinajstić information content (AvgIpc) is 2.73. The van der Waals surface area contributed by atoms with E-state index < -0.39 is 0 Å². The number of nitrogens with zero attached hydrogens (tertiary/aromatic N) is 1. The van der Waals surface area contributed by atoms with Crippen LogP contribution in [0.15, 0.2) is 72.8 Å². The Bertz CT molecular complexity index is 902. The Balaban J connectivity index is 1.27. The summed E-state index contributed by atoms with van der Waals surface area (Å²) >= 11 is 0. The van der Waals surface area contributed by atoms with Gasteiger partial charge in [0, 0.05) is 5.56 Å². The maximum absolute atomic E-state index is 12.4. The molecule has 0 bridgehead atoms. The lowest BCUT2D eigenvalue weighted by Gasteiger charge is -2.32. The zero-order valence-electron chi connectivity index (χ0n) is 15.4. The number of hydrogen-bond donors (Lipinski definition) is 1. The Morgan fingerprint density at radius 2 is 1.59 bits per heavy atom. The molecule has 4 heteroatoms. The predicted octanol–water partition coefficient (Wildman–Crippen LogP) is 2.15. The number of fused-ring (bicyclic) bond motifs is 1. The van der Waals surface area contributed by atoms with Crippen molar-refractivity contribution in [3.8, 4) is 5.75 Å². The van der Waals surface area contributed by atoms with Crippen molar-refractivity contribution in [3.05, 3.63) is 78.4 Å². The van der Waals surface area contributed by atoms with Gasteiger partial charge in [0.1, 0.15) is 12.3 Å². The van der Waals surface area contributed by atoms with E-state index in [2.05, 4.69) is 42.5 Å². The minimum absolute atomic E-state index is 0.0728. The monoisotopic (exact) mass is 361 g/mol. The molecular weight excluding hydrogens is 336 g/mol. The summed E-state index contributed by atoms with van der Waals surface area (Å²) in [5.74, 6) is 0.815. The third-order valence-corrected chi connectivity index (χ3v) is 5.20. The second-order valence-electron chi connectivity index (χ2n) is 7.09. The van der Waals surface area contributed by atoms with Crippen LogP contribution in [0, 0.1) is 0 Å². The molecule has 0 unspecified atom stereocenters. The Labute approximate surface area is 160 Å². The van der Waals surface area contributed by atoms with Gasteiger partial charge in [0.05, 0.1) is 26.2 Å². The normalized spacial score (nSPS) is 15.0. The molecule has 3 aromatic rings. The van der Waals surface area contributed by atoms with Gasteiger partial charge in [-0.25, -0.2) is 0 Å². The van der Waals surface area contributed by atoms with Crippen LogP contribution in [-0.4, -0.2) is 43.6 Å². The number of benzene rings is 3. The molecule has 4 nitrogen and oxygen atoms in total. The van der Waals surface area contributed by atoms with E-state index in [1.807, 2.05) is 35.2 Å². The van der Waals surface area contributed by atoms with Gasteiger partial charge in [-0.2, -0.15) is 0 Å². The van der Waals surface area contributed by atoms with Gasteiger partial charge in [0.25, 0.3) is 5.91 Å². The van der Waals surface area contributed by atoms with Gasteiger partial charge < -0.3 is 14.5 Å². The van der Waals surface area contributed by atoms with Crippen molar-refractivity contribution in [2.24, 2.45) is 0 Å². The Hall–Kier alpha value is -2.85. The molecule has 0 radical (unpaired) electrons. The molecule has 1 aliphatic rings. The summed E-state index contributed by atoms with van der Waals surface area (Å²) in [6.07, 6.45) is 0. The largest absolute Gasteiger partial charge is 0.484 e. The summed E-state index contributed by atoms with van der Waals surface area (Å²) in [4.78, 5) is 15.8. The summed E-state index contributed by atoms with van der Waals surface area (Å²) in [5.41, 5.74) is 1.36. The first-order valence-corrected chi connectivity index (χ1v) is 9.55. The number of amides is 1. The molecule has 1 N–H and O–H groups in total. The average molecular weight is 361 g/mol. The zero-order chi connectivity index (χ0) is 18.5. The number of piperazine rings is 1. The molecule has 1 amide bonds. The van der Waals surface area contributed by atoms with Crippen LogP contribution in [0.25, 0.3) is 10.8 Å². The van der Waals surface area contributed by atoms with Crippen molar-refractivity contribution in [2.45, 2.75) is 6.54 Å². The maximum Gasteiger partial charge on any atom is 0.260 e. The number of para-hydroxylation sites is 1. The van der Waals surface area contributed by atoms with Gasteiger partial charge >= 0.3 is 0 Å². The summed E-state index contributed by atoms with van der Waals surface area (Å²) < 4.78 is 5.59. The minimum atomic E-state index is 0.0728. The van der Waals surface area contributed by atoms with E-state index in [1.165, 1.54) is 21.2 Å². The van der Waals surface area contributed by atoms with Crippen molar-refractivity contribution < 1.29 is 14.4 Å². The third-order valence-electron chi connectivity index (χ3n) is 5.20. The Morgan fingerprint density at radius 1 is 0.889 bits per heavy atom. The van der Waals surface area contributed by atoms with E-state index in [4.69, 9.17) is 4.74 Å². The predicted molar refractivity (Wildman–Crippen MR) is 107 cm³/mol. The van der Waals surface area contributed by atoms with E-state index in [9.17, 15) is 4.79 Å². The highest BCUT2D eigenvalue weighted by Gasteiger charge is 2.24. The lowest BCUT2D eigenvalue weighted by Crippen LogP contribution is -3.13. The second kappa shape index (κ2) is 8.23. The van der Waals surface area contributed by atoms with Crippen LogP contribution < -0.4 is 9.64 Å². The van der Waals surface area contributed by atoms with Crippen molar-refractivity contribution in [1.29, 1.82) is 0 Å². The number of carbonyl (C=O) groups excluding carboxylic acids is 1. The van der Waals surface area contributed by atoms with Gasteiger partial charge in [-0.3, -0.25) is 4.79 Å². The van der Waals surface area contributed by atoms with E-state index >= 15 is 0 Å². The van der Waals surface area contributed by atoms with Crippen molar-refractivity contribution in [2.75, 3.05) is 32.8 Å². The number of ether oxygens (including phenoxy) is 1. The molecule has 1 heterocycles. The van der Waals surface area contributed by atoms with Crippen LogP contribution in [0.5, 0.6) is 5.75 Å². The van der Waals surface area contributed by atoms with Crippen LogP contribution in [0.2, 0.25) is 0 Å². The topological polar surface area (TPSA) is 34.0 Å². The summed E-state index contributed by atoms with van der Waals surface area (Å²) in [7, 11) is 0. The second-order valence-corrected chi connectivity index (χ2v) is 7.09. The van der Waals surface area contributed by atoms with E-state index in [-0.39, 0.29) is 12.5 Å². The number of carbonyl (C=O) groups is 1. The highest BCUT2D eigenvalue weighted by atomic mass is 16.5. The van der Waals surface area contributed by atoms with Crippen LogP contribution in [0.3, 0.4) is 0 Å². The smallest absolute Gasteiger partial charge is 0.260 e. The number of hydrogen-bond acceptors (Lipinski definition) is 2. The first-order chi connectivity index (χ1) is 13.3. The molecule has 0 aliphatic carbocycles. The molecule has 0 aromatic heterocycles. The highest BCUT2D eigenvalue weighted by molar-refractivity contribution is 5.83. The summed E-state index contributed by atoms with van der Waals surface area (Å²) in [5, 5.41) is 2.58. The first kappa shape index (κ1) is 17.6. The number of quaternary nitrogens is 1. The van der Waals surface area contributed by atoms with Gasteiger partial charge in [-0.05, 0) is 29.0 Å². The third kappa shape index (κ3) is 4.47.